The molecule has 4 rings (SSSR count). The summed E-state index contributed by atoms with van der Waals surface area (Å²) >= 11 is 0. The summed E-state index contributed by atoms with van der Waals surface area (Å²) < 4.78 is 39.3. The largest absolute Gasteiger partial charge is 0.416 e. The first-order valence-electron chi connectivity index (χ1n) is 10.3. The van der Waals surface area contributed by atoms with Gasteiger partial charge in [0.2, 0.25) is 5.95 Å². The highest BCUT2D eigenvalue weighted by atomic mass is 19.4. The maximum Gasteiger partial charge on any atom is 0.416 e. The van der Waals surface area contributed by atoms with E-state index in [1.165, 1.54) is 12.1 Å². The van der Waals surface area contributed by atoms with Gasteiger partial charge in [0, 0.05) is 17.8 Å². The lowest BCUT2D eigenvalue weighted by molar-refractivity contribution is -0.137. The van der Waals surface area contributed by atoms with Crippen molar-refractivity contribution in [2.45, 2.75) is 39.8 Å². The summed E-state index contributed by atoms with van der Waals surface area (Å²) in [7, 11) is 0. The number of benzene rings is 2. The molecular weight excluding hydrogens is 417 g/mol. The molecule has 32 heavy (non-hydrogen) atoms. The molecule has 0 saturated heterocycles. The standard InChI is InChI=1S/C24H23F3N4O/c1-13-7-8-18(15(3)9-13)29-22-21-19(10-14(2)11-20(21)32)30-23(31-22)28-17-6-4-5-16(12-17)24(25,26)27/h4-9,12,14H,10-11H2,1-3H3,(H2,28,29,30,31). The van der Waals surface area contributed by atoms with Crippen molar-refractivity contribution >= 4 is 28.9 Å². The molecule has 2 aromatic carbocycles. The Morgan fingerprint density at radius 1 is 1.00 bits per heavy atom. The van der Waals surface area contributed by atoms with Crippen LogP contribution in [-0.4, -0.2) is 15.8 Å². The van der Waals surface area contributed by atoms with Crippen LogP contribution < -0.4 is 10.6 Å². The first-order valence-corrected chi connectivity index (χ1v) is 10.3. The molecule has 166 valence electrons. The molecule has 0 fully saturated rings. The highest BCUT2D eigenvalue weighted by Crippen LogP contribution is 2.34. The normalized spacial score (nSPS) is 15.9. The number of aryl methyl sites for hydroxylation is 2. The summed E-state index contributed by atoms with van der Waals surface area (Å²) in [6.45, 7) is 5.92. The second-order valence-corrected chi connectivity index (χ2v) is 8.30. The van der Waals surface area contributed by atoms with E-state index in [4.69, 9.17) is 0 Å². The molecule has 2 N–H and O–H groups in total. The number of hydrogen-bond acceptors (Lipinski definition) is 5. The Kier molecular flexibility index (Phi) is 5.62. The van der Waals surface area contributed by atoms with Crippen LogP contribution in [0.15, 0.2) is 42.5 Å². The van der Waals surface area contributed by atoms with E-state index in [1.807, 2.05) is 39.0 Å². The van der Waals surface area contributed by atoms with Gasteiger partial charge in [-0.25, -0.2) is 4.98 Å². The Morgan fingerprint density at radius 2 is 1.78 bits per heavy atom. The van der Waals surface area contributed by atoms with Crippen LogP contribution in [0.5, 0.6) is 0 Å². The van der Waals surface area contributed by atoms with Crippen molar-refractivity contribution in [3.8, 4) is 0 Å². The fourth-order valence-electron chi connectivity index (χ4n) is 3.90. The summed E-state index contributed by atoms with van der Waals surface area (Å²) in [4.78, 5) is 21.8. The summed E-state index contributed by atoms with van der Waals surface area (Å²) in [5.74, 6) is 0.572. The molecule has 8 heteroatoms. The van der Waals surface area contributed by atoms with Crippen LogP contribution in [0.1, 0.15) is 46.1 Å². The average Bonchev–Trinajstić information content (AvgIpc) is 2.69. The van der Waals surface area contributed by atoms with E-state index in [9.17, 15) is 18.0 Å². The summed E-state index contributed by atoms with van der Waals surface area (Å²) in [6, 6.07) is 10.7. The van der Waals surface area contributed by atoms with Gasteiger partial charge in [-0.15, -0.1) is 0 Å². The van der Waals surface area contributed by atoms with E-state index in [1.54, 1.807) is 0 Å². The number of rotatable bonds is 4. The van der Waals surface area contributed by atoms with E-state index < -0.39 is 11.7 Å². The summed E-state index contributed by atoms with van der Waals surface area (Å²) in [5.41, 5.74) is 3.37. The fourth-order valence-corrected chi connectivity index (χ4v) is 3.90. The molecule has 0 aliphatic heterocycles. The first kappa shape index (κ1) is 21.8. The summed E-state index contributed by atoms with van der Waals surface area (Å²) in [5, 5.41) is 6.12. The zero-order valence-corrected chi connectivity index (χ0v) is 18.0. The minimum Gasteiger partial charge on any atom is -0.339 e. The van der Waals surface area contributed by atoms with E-state index >= 15 is 0 Å². The summed E-state index contributed by atoms with van der Waals surface area (Å²) in [6.07, 6.45) is -3.47. The lowest BCUT2D eigenvalue weighted by Crippen LogP contribution is -2.22. The van der Waals surface area contributed by atoms with Crippen LogP contribution >= 0.6 is 0 Å². The number of nitrogens with zero attached hydrogens (tertiary/aromatic N) is 2. The molecule has 1 atom stereocenters. The molecule has 0 spiro atoms. The van der Waals surface area contributed by atoms with E-state index in [2.05, 4.69) is 20.6 Å². The number of nitrogens with one attached hydrogen (secondary N) is 2. The molecular formula is C24H23F3N4O. The quantitative estimate of drug-likeness (QED) is 0.494. The Morgan fingerprint density at radius 3 is 2.50 bits per heavy atom. The zero-order chi connectivity index (χ0) is 23.0. The number of ketones is 1. The predicted octanol–water partition coefficient (Wildman–Crippen LogP) is 6.36. The Bertz CT molecular complexity index is 1190. The number of carbonyl (C=O) groups excluding carboxylic acids is 1. The molecule has 0 amide bonds. The number of halogens is 3. The third kappa shape index (κ3) is 4.59. The van der Waals surface area contributed by atoms with Gasteiger partial charge in [-0.2, -0.15) is 18.2 Å². The third-order valence-corrected chi connectivity index (χ3v) is 5.42. The van der Waals surface area contributed by atoms with E-state index in [-0.39, 0.29) is 23.3 Å². The maximum atomic E-state index is 13.1. The van der Waals surface area contributed by atoms with Gasteiger partial charge in [0.25, 0.3) is 0 Å². The van der Waals surface area contributed by atoms with Crippen molar-refractivity contribution < 1.29 is 18.0 Å². The Labute approximate surface area is 184 Å². The number of alkyl halides is 3. The van der Waals surface area contributed by atoms with Gasteiger partial charge >= 0.3 is 6.18 Å². The van der Waals surface area contributed by atoms with Crippen molar-refractivity contribution in [3.05, 3.63) is 70.4 Å². The molecule has 5 nitrogen and oxygen atoms in total. The van der Waals surface area contributed by atoms with Crippen LogP contribution in [0.2, 0.25) is 0 Å². The highest BCUT2D eigenvalue weighted by molar-refractivity contribution is 6.03. The monoisotopic (exact) mass is 440 g/mol. The van der Waals surface area contributed by atoms with Gasteiger partial charge in [-0.05, 0) is 56.0 Å². The van der Waals surface area contributed by atoms with Crippen molar-refractivity contribution in [3.63, 3.8) is 0 Å². The SMILES string of the molecule is Cc1ccc(Nc2nc(Nc3cccc(C(F)(F)F)c3)nc3c2C(=O)CC(C)C3)c(C)c1. The van der Waals surface area contributed by atoms with Crippen LogP contribution in [0.25, 0.3) is 0 Å². The van der Waals surface area contributed by atoms with Crippen LogP contribution in [0.3, 0.4) is 0 Å². The van der Waals surface area contributed by atoms with Crippen molar-refractivity contribution in [2.75, 3.05) is 10.6 Å². The number of fused-ring (bicyclic) bond motifs is 1. The van der Waals surface area contributed by atoms with Gasteiger partial charge < -0.3 is 10.6 Å². The minimum absolute atomic E-state index is 0.0448. The second kappa shape index (κ2) is 8.26. The topological polar surface area (TPSA) is 66.9 Å². The van der Waals surface area contributed by atoms with Gasteiger partial charge in [0.15, 0.2) is 5.78 Å². The Balaban J connectivity index is 1.75. The smallest absolute Gasteiger partial charge is 0.339 e. The zero-order valence-electron chi connectivity index (χ0n) is 18.0. The van der Waals surface area contributed by atoms with Gasteiger partial charge in [-0.1, -0.05) is 30.7 Å². The lowest BCUT2D eigenvalue weighted by atomic mass is 9.87. The fraction of sp³-hybridized carbons (Fsp3) is 0.292. The molecule has 1 unspecified atom stereocenters. The van der Waals surface area contributed by atoms with E-state index in [0.717, 1.165) is 28.9 Å². The molecule has 0 bridgehead atoms. The molecule has 3 aromatic rings. The average molecular weight is 440 g/mol. The van der Waals surface area contributed by atoms with E-state index in [0.29, 0.717) is 29.9 Å². The van der Waals surface area contributed by atoms with Crippen LogP contribution in [-0.2, 0) is 12.6 Å². The number of hydrogen-bond donors (Lipinski definition) is 2. The number of aromatic nitrogens is 2. The van der Waals surface area contributed by atoms with Gasteiger partial charge in [-0.3, -0.25) is 4.79 Å². The number of anilines is 4. The second-order valence-electron chi connectivity index (χ2n) is 8.30. The molecule has 1 heterocycles. The number of Topliss-reactive ketones (excluding diaryl/α,β-unsaturated/α-hetero) is 1. The molecule has 1 aliphatic rings. The van der Waals surface area contributed by atoms with Gasteiger partial charge in [0.05, 0.1) is 16.8 Å². The third-order valence-electron chi connectivity index (χ3n) is 5.42. The Hall–Kier alpha value is -3.42. The van der Waals surface area contributed by atoms with Crippen molar-refractivity contribution in [1.29, 1.82) is 0 Å². The highest BCUT2D eigenvalue weighted by Gasteiger charge is 2.31. The van der Waals surface area contributed by atoms with Crippen LogP contribution in [0.4, 0.5) is 36.3 Å². The van der Waals surface area contributed by atoms with Crippen molar-refractivity contribution in [1.82, 2.24) is 9.97 Å². The molecule has 0 radical (unpaired) electrons. The minimum atomic E-state index is -4.45. The first-order chi connectivity index (χ1) is 15.1. The predicted molar refractivity (Wildman–Crippen MR) is 118 cm³/mol. The van der Waals surface area contributed by atoms with Gasteiger partial charge in [0.1, 0.15) is 5.82 Å². The number of carbonyl (C=O) groups is 1. The molecule has 1 aliphatic carbocycles. The maximum absolute atomic E-state index is 13.1. The molecule has 0 saturated carbocycles. The van der Waals surface area contributed by atoms with Crippen LogP contribution in [0, 0.1) is 19.8 Å². The van der Waals surface area contributed by atoms with Crippen molar-refractivity contribution in [2.24, 2.45) is 5.92 Å². The lowest BCUT2D eigenvalue weighted by Gasteiger charge is -2.23. The molecule has 1 aromatic heterocycles.